The van der Waals surface area contributed by atoms with Crippen molar-refractivity contribution in [1.82, 2.24) is 10.6 Å². The number of benzene rings is 1. The first kappa shape index (κ1) is 18.2. The molecule has 1 heterocycles. The molecular formula is C18H27ClN2O2. The van der Waals surface area contributed by atoms with Gasteiger partial charge >= 0.3 is 0 Å². The molecule has 1 fully saturated rings. The van der Waals surface area contributed by atoms with E-state index in [1.807, 2.05) is 31.2 Å². The number of rotatable bonds is 7. The molecule has 0 bridgehead atoms. The number of hydrogen-bond donors (Lipinski definition) is 3. The zero-order valence-corrected chi connectivity index (χ0v) is 14.5. The summed E-state index contributed by atoms with van der Waals surface area (Å²) in [5.74, 6) is 0.187. The number of aliphatic hydroxyl groups is 1. The second-order valence-corrected chi connectivity index (χ2v) is 6.72. The topological polar surface area (TPSA) is 61.4 Å². The number of carbonyl (C=O) groups excluding carboxylic acids is 1. The summed E-state index contributed by atoms with van der Waals surface area (Å²) in [5.41, 5.74) is -0.0836. The van der Waals surface area contributed by atoms with Gasteiger partial charge in [-0.2, -0.15) is 0 Å². The van der Waals surface area contributed by atoms with Gasteiger partial charge in [-0.25, -0.2) is 0 Å². The van der Waals surface area contributed by atoms with Crippen LogP contribution >= 0.6 is 11.6 Å². The fourth-order valence-corrected chi connectivity index (χ4v) is 3.60. The van der Waals surface area contributed by atoms with Crippen molar-refractivity contribution < 1.29 is 9.90 Å². The third-order valence-corrected chi connectivity index (χ3v) is 4.87. The lowest BCUT2D eigenvalue weighted by molar-refractivity contribution is -0.121. The Hall–Kier alpha value is -1.10. The lowest BCUT2D eigenvalue weighted by Gasteiger charge is -2.39. The largest absolute Gasteiger partial charge is 0.385 e. The van der Waals surface area contributed by atoms with Crippen LogP contribution in [-0.2, 0) is 10.4 Å². The van der Waals surface area contributed by atoms with Crippen LogP contribution < -0.4 is 10.6 Å². The van der Waals surface area contributed by atoms with Crippen molar-refractivity contribution in [3.63, 3.8) is 0 Å². The molecule has 2 unspecified atom stereocenters. The SMILES string of the molecule is CCNC(=O)CCCC(O)(c1cccc(Cl)c1)C1CCCNC1. The van der Waals surface area contributed by atoms with Crippen molar-refractivity contribution in [3.05, 3.63) is 34.9 Å². The molecule has 1 amide bonds. The monoisotopic (exact) mass is 338 g/mol. The second kappa shape index (κ2) is 8.67. The first-order valence-electron chi connectivity index (χ1n) is 8.52. The molecule has 0 radical (unpaired) electrons. The van der Waals surface area contributed by atoms with Crippen LogP contribution in [0, 0.1) is 5.92 Å². The van der Waals surface area contributed by atoms with Gasteiger partial charge in [-0.1, -0.05) is 23.7 Å². The van der Waals surface area contributed by atoms with E-state index in [1.165, 1.54) is 0 Å². The highest BCUT2D eigenvalue weighted by molar-refractivity contribution is 6.30. The first-order valence-corrected chi connectivity index (χ1v) is 8.90. The Morgan fingerprint density at radius 1 is 1.52 bits per heavy atom. The van der Waals surface area contributed by atoms with Gasteiger partial charge in [0.15, 0.2) is 0 Å². The fourth-order valence-electron chi connectivity index (χ4n) is 3.41. The lowest BCUT2D eigenvalue weighted by Crippen LogP contribution is -2.44. The van der Waals surface area contributed by atoms with Gasteiger partial charge in [-0.15, -0.1) is 0 Å². The van der Waals surface area contributed by atoms with Crippen molar-refractivity contribution >= 4 is 17.5 Å². The van der Waals surface area contributed by atoms with Crippen molar-refractivity contribution in [3.8, 4) is 0 Å². The quantitative estimate of drug-likeness (QED) is 0.716. The van der Waals surface area contributed by atoms with Gasteiger partial charge in [-0.05, 0) is 56.8 Å². The molecule has 3 N–H and O–H groups in total. The molecular weight excluding hydrogens is 312 g/mol. The number of piperidine rings is 1. The van der Waals surface area contributed by atoms with Gasteiger partial charge in [0, 0.05) is 30.5 Å². The molecule has 0 spiro atoms. The minimum atomic E-state index is -0.940. The van der Waals surface area contributed by atoms with Crippen molar-refractivity contribution in [2.24, 2.45) is 5.92 Å². The molecule has 23 heavy (non-hydrogen) atoms. The van der Waals surface area contributed by atoms with E-state index in [2.05, 4.69) is 10.6 Å². The van der Waals surface area contributed by atoms with Gasteiger partial charge in [0.1, 0.15) is 0 Å². The summed E-state index contributed by atoms with van der Waals surface area (Å²) in [5, 5.41) is 18.3. The molecule has 5 heteroatoms. The van der Waals surface area contributed by atoms with Crippen molar-refractivity contribution in [2.75, 3.05) is 19.6 Å². The zero-order chi connectivity index (χ0) is 16.7. The van der Waals surface area contributed by atoms with Gasteiger partial charge in [0.2, 0.25) is 5.91 Å². The Kier molecular flexibility index (Phi) is 6.88. The summed E-state index contributed by atoms with van der Waals surface area (Å²) < 4.78 is 0. The molecule has 0 saturated carbocycles. The molecule has 0 aliphatic carbocycles. The van der Waals surface area contributed by atoms with Crippen LogP contribution in [0.3, 0.4) is 0 Å². The Morgan fingerprint density at radius 2 is 2.35 bits per heavy atom. The number of halogens is 1. The minimum absolute atomic E-state index is 0.0442. The average molecular weight is 339 g/mol. The molecule has 1 saturated heterocycles. The molecule has 1 aromatic rings. The van der Waals surface area contributed by atoms with Gasteiger partial charge < -0.3 is 15.7 Å². The van der Waals surface area contributed by atoms with E-state index >= 15 is 0 Å². The smallest absolute Gasteiger partial charge is 0.219 e. The highest BCUT2D eigenvalue weighted by Crippen LogP contribution is 2.39. The van der Waals surface area contributed by atoms with E-state index in [4.69, 9.17) is 11.6 Å². The van der Waals surface area contributed by atoms with E-state index in [0.29, 0.717) is 30.8 Å². The number of nitrogens with one attached hydrogen (secondary N) is 2. The van der Waals surface area contributed by atoms with Crippen molar-refractivity contribution in [1.29, 1.82) is 0 Å². The Morgan fingerprint density at radius 3 is 3.00 bits per heavy atom. The molecule has 128 valence electrons. The lowest BCUT2D eigenvalue weighted by atomic mass is 9.74. The van der Waals surface area contributed by atoms with Gasteiger partial charge in [-0.3, -0.25) is 4.79 Å². The van der Waals surface area contributed by atoms with E-state index in [0.717, 1.165) is 31.5 Å². The summed E-state index contributed by atoms with van der Waals surface area (Å²) in [7, 11) is 0. The van der Waals surface area contributed by atoms with Crippen LogP contribution in [0.15, 0.2) is 24.3 Å². The average Bonchev–Trinajstić information content (AvgIpc) is 2.56. The van der Waals surface area contributed by atoms with E-state index in [1.54, 1.807) is 0 Å². The van der Waals surface area contributed by atoms with Gasteiger partial charge in [0.05, 0.1) is 5.60 Å². The van der Waals surface area contributed by atoms with Crippen LogP contribution in [0.1, 0.15) is 44.6 Å². The normalized spacial score (nSPS) is 20.7. The van der Waals surface area contributed by atoms with Crippen molar-refractivity contribution in [2.45, 2.75) is 44.6 Å². The predicted molar refractivity (Wildman–Crippen MR) is 93.5 cm³/mol. The number of carbonyl (C=O) groups is 1. The van der Waals surface area contributed by atoms with E-state index in [9.17, 15) is 9.90 Å². The highest BCUT2D eigenvalue weighted by Gasteiger charge is 2.38. The summed E-state index contributed by atoms with van der Waals surface area (Å²) in [6, 6.07) is 7.48. The molecule has 0 aromatic heterocycles. The Balaban J connectivity index is 2.12. The summed E-state index contributed by atoms with van der Waals surface area (Å²) in [6.45, 7) is 4.35. The Bertz CT molecular complexity index is 517. The van der Waals surface area contributed by atoms with Crippen LogP contribution in [0.2, 0.25) is 5.02 Å². The Labute approximate surface area is 143 Å². The molecule has 1 aliphatic rings. The third kappa shape index (κ3) is 4.93. The molecule has 2 rings (SSSR count). The maximum atomic E-state index is 11.7. The molecule has 1 aliphatic heterocycles. The second-order valence-electron chi connectivity index (χ2n) is 6.28. The van der Waals surface area contributed by atoms with Crippen LogP contribution in [-0.4, -0.2) is 30.6 Å². The summed E-state index contributed by atoms with van der Waals surface area (Å²) in [6.07, 6.45) is 3.71. The third-order valence-electron chi connectivity index (χ3n) is 4.63. The van der Waals surface area contributed by atoms with E-state index < -0.39 is 5.60 Å². The number of amides is 1. The first-order chi connectivity index (χ1) is 11.1. The predicted octanol–water partition coefficient (Wildman–Crippen LogP) is 2.83. The molecule has 2 atom stereocenters. The van der Waals surface area contributed by atoms with E-state index in [-0.39, 0.29) is 11.8 Å². The van der Waals surface area contributed by atoms with Crippen LogP contribution in [0.5, 0.6) is 0 Å². The van der Waals surface area contributed by atoms with Crippen LogP contribution in [0.25, 0.3) is 0 Å². The number of hydrogen-bond acceptors (Lipinski definition) is 3. The molecule has 4 nitrogen and oxygen atoms in total. The van der Waals surface area contributed by atoms with Gasteiger partial charge in [0.25, 0.3) is 0 Å². The fraction of sp³-hybridized carbons (Fsp3) is 0.611. The zero-order valence-electron chi connectivity index (χ0n) is 13.8. The standard InChI is InChI=1S/C18H27ClN2O2/c1-2-21-17(22)9-4-10-18(23,15-7-5-11-20-13-15)14-6-3-8-16(19)12-14/h3,6,8,12,15,20,23H,2,4-5,7,9-11,13H2,1H3,(H,21,22). The van der Waals surface area contributed by atoms with Crippen LogP contribution in [0.4, 0.5) is 0 Å². The molecule has 1 aromatic carbocycles. The summed E-state index contributed by atoms with van der Waals surface area (Å²) >= 11 is 6.12. The highest BCUT2D eigenvalue weighted by atomic mass is 35.5. The maximum absolute atomic E-state index is 11.7. The summed E-state index contributed by atoms with van der Waals surface area (Å²) in [4.78, 5) is 11.7. The maximum Gasteiger partial charge on any atom is 0.219 e. The minimum Gasteiger partial charge on any atom is -0.385 e.